The molecule has 0 saturated carbocycles. The average Bonchev–Trinajstić information content (AvgIpc) is 3.34. The third kappa shape index (κ3) is 2.28. The van der Waals surface area contributed by atoms with Gasteiger partial charge in [0, 0.05) is 16.5 Å². The van der Waals surface area contributed by atoms with Crippen molar-refractivity contribution in [3.05, 3.63) is 54.6 Å². The summed E-state index contributed by atoms with van der Waals surface area (Å²) in [5.74, 6) is 1.48. The third-order valence-corrected chi connectivity index (χ3v) is 5.01. The zero-order valence-corrected chi connectivity index (χ0v) is 14.1. The maximum absolute atomic E-state index is 5.29. The largest absolute Gasteiger partial charge is 0.497 e. The van der Waals surface area contributed by atoms with Gasteiger partial charge in [-0.1, -0.05) is 41.7 Å². The predicted octanol–water partition coefficient (Wildman–Crippen LogP) is 4.01. The first-order chi connectivity index (χ1) is 12.3. The highest BCUT2D eigenvalue weighted by Crippen LogP contribution is 2.30. The molecule has 3 aromatic heterocycles. The number of aromatic nitrogens is 5. The second-order valence-electron chi connectivity index (χ2n) is 5.63. The van der Waals surface area contributed by atoms with Gasteiger partial charge in [0.25, 0.3) is 0 Å². The molecule has 0 fully saturated rings. The van der Waals surface area contributed by atoms with Gasteiger partial charge in [-0.05, 0) is 24.3 Å². The van der Waals surface area contributed by atoms with Gasteiger partial charge >= 0.3 is 0 Å². The summed E-state index contributed by atoms with van der Waals surface area (Å²) >= 11 is 1.51. The van der Waals surface area contributed by atoms with Crippen molar-refractivity contribution < 1.29 is 4.74 Å². The number of nitrogens with zero attached hydrogens (tertiary/aromatic N) is 4. The van der Waals surface area contributed by atoms with Crippen LogP contribution in [0.1, 0.15) is 0 Å². The highest BCUT2D eigenvalue weighted by atomic mass is 32.1. The number of H-pyrrole nitrogens is 1. The van der Waals surface area contributed by atoms with Crippen molar-refractivity contribution >= 4 is 27.2 Å². The number of ether oxygens (including phenoxy) is 1. The predicted molar refractivity (Wildman–Crippen MR) is 97.9 cm³/mol. The molecule has 1 N–H and O–H groups in total. The molecule has 0 amide bonds. The summed E-state index contributed by atoms with van der Waals surface area (Å²) in [6, 6.07) is 18.0. The Bertz CT molecular complexity index is 1170. The molecule has 0 unspecified atom stereocenters. The van der Waals surface area contributed by atoms with Crippen molar-refractivity contribution in [1.29, 1.82) is 0 Å². The number of nitrogens with one attached hydrogen (secondary N) is 1. The van der Waals surface area contributed by atoms with Crippen LogP contribution in [0.3, 0.4) is 0 Å². The molecule has 0 aliphatic heterocycles. The van der Waals surface area contributed by atoms with Gasteiger partial charge in [-0.25, -0.2) is 0 Å². The van der Waals surface area contributed by atoms with Crippen LogP contribution >= 0.6 is 11.3 Å². The lowest BCUT2D eigenvalue weighted by atomic mass is 10.2. The van der Waals surface area contributed by atoms with Crippen LogP contribution in [0, 0.1) is 0 Å². The molecule has 2 aromatic carbocycles. The Balaban J connectivity index is 1.64. The zero-order chi connectivity index (χ0) is 16.8. The summed E-state index contributed by atoms with van der Waals surface area (Å²) in [5.41, 5.74) is 2.99. The molecular formula is C18H13N5OS. The second-order valence-corrected chi connectivity index (χ2v) is 6.58. The third-order valence-electron chi connectivity index (χ3n) is 4.08. The quantitative estimate of drug-likeness (QED) is 0.535. The number of benzene rings is 2. The first-order valence-corrected chi connectivity index (χ1v) is 8.58. The summed E-state index contributed by atoms with van der Waals surface area (Å²) in [5, 5.41) is 15.3. The number of fused-ring (bicyclic) bond motifs is 2. The summed E-state index contributed by atoms with van der Waals surface area (Å²) in [6.07, 6.45) is 0. The van der Waals surface area contributed by atoms with Gasteiger partial charge in [0.2, 0.25) is 4.96 Å². The molecular weight excluding hydrogens is 334 g/mol. The molecule has 5 rings (SSSR count). The lowest BCUT2D eigenvalue weighted by Gasteiger charge is -2.01. The Morgan fingerprint density at radius 3 is 2.84 bits per heavy atom. The van der Waals surface area contributed by atoms with Crippen LogP contribution in [0.25, 0.3) is 38.0 Å². The van der Waals surface area contributed by atoms with E-state index in [9.17, 15) is 0 Å². The lowest BCUT2D eigenvalue weighted by Crippen LogP contribution is -1.92. The molecule has 5 aromatic rings. The van der Waals surface area contributed by atoms with E-state index in [0.717, 1.165) is 37.9 Å². The van der Waals surface area contributed by atoms with Gasteiger partial charge < -0.3 is 9.72 Å². The number of para-hydroxylation sites is 1. The summed E-state index contributed by atoms with van der Waals surface area (Å²) < 4.78 is 7.07. The fourth-order valence-corrected chi connectivity index (χ4v) is 3.67. The van der Waals surface area contributed by atoms with Gasteiger partial charge in [-0.3, -0.25) is 0 Å². The SMILES string of the molecule is COc1cccc(-c2nnc3sc(-c4cc5ccccc5[nH]4)nn23)c1. The van der Waals surface area contributed by atoms with E-state index in [4.69, 9.17) is 9.84 Å². The van der Waals surface area contributed by atoms with Crippen LogP contribution in [0.2, 0.25) is 0 Å². The van der Waals surface area contributed by atoms with E-state index in [1.54, 1.807) is 11.6 Å². The van der Waals surface area contributed by atoms with E-state index in [1.165, 1.54) is 11.3 Å². The number of aromatic amines is 1. The van der Waals surface area contributed by atoms with Gasteiger partial charge in [-0.2, -0.15) is 9.61 Å². The molecule has 0 spiro atoms. The number of hydrogen-bond acceptors (Lipinski definition) is 5. The van der Waals surface area contributed by atoms with E-state index in [0.29, 0.717) is 5.82 Å². The Morgan fingerprint density at radius 2 is 1.96 bits per heavy atom. The van der Waals surface area contributed by atoms with Crippen molar-refractivity contribution in [1.82, 2.24) is 24.8 Å². The van der Waals surface area contributed by atoms with Crippen LogP contribution in [-0.4, -0.2) is 31.9 Å². The van der Waals surface area contributed by atoms with E-state index in [1.807, 2.05) is 36.4 Å². The minimum Gasteiger partial charge on any atom is -0.497 e. The van der Waals surface area contributed by atoms with Crippen molar-refractivity contribution in [2.75, 3.05) is 7.11 Å². The standard InChI is InChI=1S/C18H13N5OS/c1-24-13-7-4-6-12(9-13)16-20-21-18-23(16)22-17(25-18)15-10-11-5-2-3-8-14(11)19-15/h2-10,19H,1H3. The zero-order valence-electron chi connectivity index (χ0n) is 13.3. The molecule has 0 aliphatic rings. The van der Waals surface area contributed by atoms with E-state index < -0.39 is 0 Å². The van der Waals surface area contributed by atoms with Gasteiger partial charge in [0.05, 0.1) is 12.8 Å². The Kier molecular flexibility index (Phi) is 3.07. The van der Waals surface area contributed by atoms with Crippen LogP contribution < -0.4 is 4.74 Å². The maximum atomic E-state index is 5.29. The molecule has 0 aliphatic carbocycles. The normalized spacial score (nSPS) is 11.4. The Labute approximate surface area is 146 Å². The van der Waals surface area contributed by atoms with Crippen molar-refractivity contribution in [2.24, 2.45) is 0 Å². The smallest absolute Gasteiger partial charge is 0.235 e. The minimum absolute atomic E-state index is 0.701. The highest BCUT2D eigenvalue weighted by Gasteiger charge is 2.16. The number of hydrogen-bond donors (Lipinski definition) is 1. The topological polar surface area (TPSA) is 68.1 Å². The van der Waals surface area contributed by atoms with E-state index >= 15 is 0 Å². The number of rotatable bonds is 3. The molecule has 7 heteroatoms. The molecule has 3 heterocycles. The fourth-order valence-electron chi connectivity index (χ4n) is 2.86. The summed E-state index contributed by atoms with van der Waals surface area (Å²) in [7, 11) is 1.65. The van der Waals surface area contributed by atoms with Crippen molar-refractivity contribution in [2.45, 2.75) is 0 Å². The fraction of sp³-hybridized carbons (Fsp3) is 0.0556. The molecule has 0 radical (unpaired) electrons. The first-order valence-electron chi connectivity index (χ1n) is 7.76. The van der Waals surface area contributed by atoms with E-state index in [-0.39, 0.29) is 0 Å². The molecule has 6 nitrogen and oxygen atoms in total. The average molecular weight is 347 g/mol. The maximum Gasteiger partial charge on any atom is 0.235 e. The Morgan fingerprint density at radius 1 is 1.04 bits per heavy atom. The van der Waals surface area contributed by atoms with Crippen LogP contribution in [0.5, 0.6) is 5.75 Å². The van der Waals surface area contributed by atoms with Gasteiger partial charge in [0.1, 0.15) is 5.75 Å². The molecule has 25 heavy (non-hydrogen) atoms. The van der Waals surface area contributed by atoms with Crippen molar-refractivity contribution in [3.8, 4) is 27.8 Å². The monoisotopic (exact) mass is 347 g/mol. The van der Waals surface area contributed by atoms with Crippen molar-refractivity contribution in [3.63, 3.8) is 0 Å². The summed E-state index contributed by atoms with van der Waals surface area (Å²) in [6.45, 7) is 0. The van der Waals surface area contributed by atoms with E-state index in [2.05, 4.69) is 33.4 Å². The molecule has 0 bridgehead atoms. The number of methoxy groups -OCH3 is 1. The molecule has 0 atom stereocenters. The van der Waals surface area contributed by atoms with Crippen LogP contribution in [0.15, 0.2) is 54.6 Å². The second kappa shape index (κ2) is 5.42. The minimum atomic E-state index is 0.701. The molecule has 122 valence electrons. The summed E-state index contributed by atoms with van der Waals surface area (Å²) in [4.78, 5) is 4.16. The Hall–Kier alpha value is -3.19. The van der Waals surface area contributed by atoms with Gasteiger partial charge in [-0.15, -0.1) is 10.2 Å². The molecule has 0 saturated heterocycles. The van der Waals surface area contributed by atoms with Crippen LogP contribution in [0.4, 0.5) is 0 Å². The van der Waals surface area contributed by atoms with Crippen LogP contribution in [-0.2, 0) is 0 Å². The highest BCUT2D eigenvalue weighted by molar-refractivity contribution is 7.19. The van der Waals surface area contributed by atoms with Gasteiger partial charge in [0.15, 0.2) is 10.8 Å². The first kappa shape index (κ1) is 14.2. The lowest BCUT2D eigenvalue weighted by molar-refractivity contribution is 0.415.